The van der Waals surface area contributed by atoms with Crippen molar-refractivity contribution in [2.24, 2.45) is 0 Å². The number of halogens is 2. The van der Waals surface area contributed by atoms with E-state index >= 15 is 0 Å². The van der Waals surface area contributed by atoms with E-state index in [9.17, 15) is 19.8 Å². The molecule has 4 aromatic heterocycles. The Morgan fingerprint density at radius 2 is 0.851 bits per heavy atom. The molecule has 47 heavy (non-hydrogen) atoms. The third kappa shape index (κ3) is 11.5. The molecule has 4 rings (SSSR count). The van der Waals surface area contributed by atoms with Crippen LogP contribution in [-0.4, -0.2) is 47.7 Å². The molecular formula is C29H46B2Cl2Li2N8O4. The Kier molecular flexibility index (Phi) is 16.3. The Bertz CT molecular complexity index is 1560. The second-order valence-corrected chi connectivity index (χ2v) is 15.3. The van der Waals surface area contributed by atoms with E-state index in [4.69, 9.17) is 23.2 Å². The van der Waals surface area contributed by atoms with E-state index < -0.39 is 0 Å². The van der Waals surface area contributed by atoms with Crippen LogP contribution in [0.5, 0.6) is 12.0 Å². The summed E-state index contributed by atoms with van der Waals surface area (Å²) >= 11 is 9.53. The van der Waals surface area contributed by atoms with Gasteiger partial charge in [-0.05, 0) is 95.5 Å². The number of alkyl halides is 2. The molecule has 0 aliphatic heterocycles. The number of imidazole rings is 4. The molecule has 0 amide bonds. The molecular weight excluding hydrogens is 631 g/mol. The normalized spacial score (nSPS) is 11.9. The molecule has 0 atom stereocenters. The van der Waals surface area contributed by atoms with Gasteiger partial charge in [0.2, 0.25) is 7.55 Å². The van der Waals surface area contributed by atoms with Gasteiger partial charge in [-0.15, -0.1) is 23.2 Å². The monoisotopic (exact) mass is 676 g/mol. The number of aromatic nitrogens is 8. The first-order valence-electron chi connectivity index (χ1n) is 14.5. The molecule has 0 bridgehead atoms. The van der Waals surface area contributed by atoms with E-state index in [1.165, 1.54) is 33.0 Å². The Labute approximate surface area is 313 Å². The molecule has 248 valence electrons. The van der Waals surface area contributed by atoms with E-state index in [0.29, 0.717) is 0 Å². The predicted molar refractivity (Wildman–Crippen MR) is 175 cm³/mol. The number of rotatable bonds is 4. The van der Waals surface area contributed by atoms with E-state index in [-0.39, 0.29) is 88.6 Å². The average molecular weight is 677 g/mol. The summed E-state index contributed by atoms with van der Waals surface area (Å²) in [5.74, 6) is 0. The van der Waals surface area contributed by atoms with Gasteiger partial charge >= 0.3 is 37.7 Å². The van der Waals surface area contributed by atoms with Crippen LogP contribution < -0.4 is 68.3 Å². The second kappa shape index (κ2) is 17.0. The van der Waals surface area contributed by atoms with Crippen molar-refractivity contribution >= 4 is 38.3 Å². The minimum absolute atomic E-state index is 0. The first kappa shape index (κ1) is 44.9. The molecule has 4 radical (unpaired) electrons. The molecule has 0 spiro atoms. The number of nitrogens with zero attached hydrogens (tertiary/aromatic N) is 8. The largest absolute Gasteiger partial charge is 1.00 e. The smallest absolute Gasteiger partial charge is 0.813 e. The quantitative estimate of drug-likeness (QED) is 0.162. The van der Waals surface area contributed by atoms with Crippen LogP contribution in [-0.2, 0) is 22.2 Å². The molecule has 0 fully saturated rings. The minimum Gasteiger partial charge on any atom is -0.813 e. The maximum Gasteiger partial charge on any atom is 1.00 e. The number of hydrogen-bond acceptors (Lipinski definition) is 4. The van der Waals surface area contributed by atoms with Gasteiger partial charge in [-0.1, -0.05) is 7.55 Å². The molecule has 4 aromatic rings. The summed E-state index contributed by atoms with van der Waals surface area (Å²) in [5, 5.41) is 24.8. The average Bonchev–Trinajstić information content (AvgIpc) is 3.62. The van der Waals surface area contributed by atoms with Crippen molar-refractivity contribution in [1.82, 2.24) is 27.2 Å². The van der Waals surface area contributed by atoms with Crippen LogP contribution >= 0.6 is 23.2 Å². The van der Waals surface area contributed by atoms with Crippen LogP contribution in [0.3, 0.4) is 0 Å². The van der Waals surface area contributed by atoms with Crippen LogP contribution in [0.2, 0.25) is 0 Å². The van der Waals surface area contributed by atoms with Gasteiger partial charge in [0.15, 0.2) is 12.0 Å². The topological polar surface area (TPSA) is 118 Å². The van der Waals surface area contributed by atoms with Crippen LogP contribution in [0.1, 0.15) is 83.1 Å². The zero-order valence-electron chi connectivity index (χ0n) is 30.4. The Hall–Kier alpha value is -2.06. The minimum atomic E-state index is -0.293. The van der Waals surface area contributed by atoms with Gasteiger partial charge in [-0.25, -0.2) is 9.13 Å². The van der Waals surface area contributed by atoms with Crippen molar-refractivity contribution < 1.29 is 56.9 Å². The summed E-state index contributed by atoms with van der Waals surface area (Å²) < 4.78 is 12.2. The zero-order chi connectivity index (χ0) is 34.7. The van der Waals surface area contributed by atoms with Gasteiger partial charge in [0.05, 0.1) is 17.7 Å². The van der Waals surface area contributed by atoms with Crippen molar-refractivity contribution in [1.29, 1.82) is 0 Å². The fourth-order valence-electron chi connectivity index (χ4n) is 4.22. The van der Waals surface area contributed by atoms with Crippen LogP contribution in [0.4, 0.5) is 0 Å². The first-order valence-corrected chi connectivity index (χ1v) is 15.5. The molecule has 0 N–H and O–H groups in total. The van der Waals surface area contributed by atoms with Gasteiger partial charge in [-0.3, -0.25) is 18.7 Å². The van der Waals surface area contributed by atoms with E-state index in [2.05, 4.69) is 0 Å². The Morgan fingerprint density at radius 3 is 1.06 bits per heavy atom. The summed E-state index contributed by atoms with van der Waals surface area (Å²) in [4.78, 5) is 24.6. The summed E-state index contributed by atoms with van der Waals surface area (Å²) in [6, 6.07) is -0.337. The molecule has 0 saturated carbocycles. The van der Waals surface area contributed by atoms with Gasteiger partial charge in [0.25, 0.3) is 11.4 Å². The molecule has 4 heterocycles. The van der Waals surface area contributed by atoms with Crippen LogP contribution in [0, 0.1) is 0 Å². The molecule has 0 unspecified atom stereocenters. The third-order valence-corrected chi connectivity index (χ3v) is 6.60. The molecule has 0 aromatic carbocycles. The fraction of sp³-hybridized carbons (Fsp3) is 0.586. The van der Waals surface area contributed by atoms with E-state index in [1.54, 1.807) is 67.8 Å². The predicted octanol–water partition coefficient (Wildman–Crippen LogP) is -4.06. The van der Waals surface area contributed by atoms with Gasteiger partial charge in [-0.2, -0.15) is 0 Å². The van der Waals surface area contributed by atoms with Crippen molar-refractivity contribution in [3.8, 4) is 12.0 Å². The van der Waals surface area contributed by atoms with E-state index in [1.807, 2.05) is 83.1 Å². The Balaban J connectivity index is 0.000000799. The molecule has 0 saturated heterocycles. The molecule has 12 nitrogen and oxygen atoms in total. The van der Waals surface area contributed by atoms with Gasteiger partial charge in [0.1, 0.15) is 23.5 Å². The molecule has 0 aliphatic rings. The first-order chi connectivity index (χ1) is 20.4. The van der Waals surface area contributed by atoms with Crippen molar-refractivity contribution in [3.63, 3.8) is 0 Å². The standard InChI is InChI=1S/2C14H22BN4O2.CH2Cl2.2Li/c2*1-13(2,3)16-7-9-18(11(16)20)15-19-10-8-17(12(19)21)14(4,5)6;2-1-3;;/h2*7-10H,1-6H3;1H2;;/q2*-1;;2*+1. The fourth-order valence-corrected chi connectivity index (χ4v) is 4.22. The maximum absolute atomic E-state index is 12.3. The summed E-state index contributed by atoms with van der Waals surface area (Å²) in [7, 11) is 3.02. The second-order valence-electron chi connectivity index (χ2n) is 14.4. The summed E-state index contributed by atoms with van der Waals surface area (Å²) in [6.07, 6.45) is 13.6. The van der Waals surface area contributed by atoms with Crippen LogP contribution in [0.15, 0.2) is 59.2 Å². The Morgan fingerprint density at radius 1 is 0.574 bits per heavy atom. The molecule has 0 aliphatic carbocycles. The van der Waals surface area contributed by atoms with Gasteiger partial charge < -0.3 is 28.1 Å². The summed E-state index contributed by atoms with van der Waals surface area (Å²) in [5.41, 5.74) is -1.51. The van der Waals surface area contributed by atoms with Crippen molar-refractivity contribution in [2.75, 3.05) is 5.34 Å². The number of hydrogen-bond donors (Lipinski definition) is 0. The van der Waals surface area contributed by atoms with Crippen molar-refractivity contribution in [3.05, 3.63) is 70.5 Å². The van der Waals surface area contributed by atoms with E-state index in [0.717, 1.165) is 0 Å². The SMILES string of the molecule is CC(C)(C)n1cc[n+]([B-][n+]2ccn(C(C)(C)C)c2[O-])c1[O-].CC(C)(C)n1ccn([B-]n2ccn(C(C)(C)C)c2=O)c1=O.ClCCl.[Li+].[Li+]. The van der Waals surface area contributed by atoms with Crippen LogP contribution in [0.25, 0.3) is 0 Å². The zero-order valence-corrected chi connectivity index (χ0v) is 32.0. The third-order valence-electron chi connectivity index (χ3n) is 6.60. The van der Waals surface area contributed by atoms with Crippen molar-refractivity contribution in [2.45, 2.75) is 105 Å². The molecule has 18 heteroatoms. The summed E-state index contributed by atoms with van der Waals surface area (Å²) in [6.45, 7) is 23.5. The maximum atomic E-state index is 12.3. The van der Waals surface area contributed by atoms with Gasteiger partial charge in [0, 0.05) is 23.5 Å².